The molecule has 1 heterocycles. The number of hydrogen-bond acceptors (Lipinski definition) is 3. The molecular weight excluding hydrogens is 228 g/mol. The Labute approximate surface area is 105 Å². The SMILES string of the molecule is O=C(NC1CCC1O)c1ccc2ccccc2n1. The molecule has 4 heteroatoms. The lowest BCUT2D eigenvalue weighted by atomic mass is 9.89. The summed E-state index contributed by atoms with van der Waals surface area (Å²) in [5.74, 6) is -0.218. The van der Waals surface area contributed by atoms with Crippen molar-refractivity contribution in [2.24, 2.45) is 0 Å². The molecule has 2 unspecified atom stereocenters. The van der Waals surface area contributed by atoms with Crippen LogP contribution in [0.4, 0.5) is 0 Å². The predicted octanol–water partition coefficient (Wildman–Crippen LogP) is 1.49. The minimum absolute atomic E-state index is 0.120. The van der Waals surface area contributed by atoms with E-state index in [9.17, 15) is 9.90 Å². The fourth-order valence-corrected chi connectivity index (χ4v) is 2.09. The lowest BCUT2D eigenvalue weighted by Gasteiger charge is -2.32. The molecule has 2 aromatic rings. The van der Waals surface area contributed by atoms with E-state index in [4.69, 9.17) is 0 Å². The van der Waals surface area contributed by atoms with E-state index in [0.29, 0.717) is 5.69 Å². The average molecular weight is 242 g/mol. The number of para-hydroxylation sites is 1. The molecule has 1 saturated carbocycles. The second-order valence-corrected chi connectivity index (χ2v) is 4.61. The van der Waals surface area contributed by atoms with Crippen LogP contribution in [0.2, 0.25) is 0 Å². The zero-order valence-electron chi connectivity index (χ0n) is 9.84. The molecule has 1 aliphatic carbocycles. The number of rotatable bonds is 2. The maximum atomic E-state index is 12.0. The molecule has 2 atom stereocenters. The summed E-state index contributed by atoms with van der Waals surface area (Å²) in [5.41, 5.74) is 1.20. The number of hydrogen-bond donors (Lipinski definition) is 2. The first kappa shape index (κ1) is 11.2. The summed E-state index contributed by atoms with van der Waals surface area (Å²) in [6.45, 7) is 0. The van der Waals surface area contributed by atoms with E-state index in [-0.39, 0.29) is 11.9 Å². The van der Waals surface area contributed by atoms with Crippen LogP contribution in [-0.2, 0) is 0 Å². The van der Waals surface area contributed by atoms with E-state index in [1.54, 1.807) is 6.07 Å². The molecule has 0 spiro atoms. The van der Waals surface area contributed by atoms with Crippen molar-refractivity contribution in [3.8, 4) is 0 Å². The summed E-state index contributed by atoms with van der Waals surface area (Å²) in [6.07, 6.45) is 1.19. The first-order chi connectivity index (χ1) is 8.74. The average Bonchev–Trinajstić information content (AvgIpc) is 2.42. The summed E-state index contributed by atoms with van der Waals surface area (Å²) in [4.78, 5) is 16.3. The number of benzene rings is 1. The van der Waals surface area contributed by atoms with Crippen molar-refractivity contribution in [3.05, 3.63) is 42.1 Å². The maximum absolute atomic E-state index is 12.0. The zero-order valence-corrected chi connectivity index (χ0v) is 9.84. The fraction of sp³-hybridized carbons (Fsp3) is 0.286. The number of carbonyl (C=O) groups excluding carboxylic acids is 1. The Morgan fingerprint density at radius 1 is 1.22 bits per heavy atom. The van der Waals surface area contributed by atoms with E-state index < -0.39 is 6.10 Å². The number of carbonyl (C=O) groups is 1. The van der Waals surface area contributed by atoms with Crippen molar-refractivity contribution < 1.29 is 9.90 Å². The number of aromatic nitrogens is 1. The van der Waals surface area contributed by atoms with Gasteiger partial charge in [0, 0.05) is 5.39 Å². The van der Waals surface area contributed by atoms with Crippen LogP contribution < -0.4 is 5.32 Å². The van der Waals surface area contributed by atoms with Gasteiger partial charge in [0.15, 0.2) is 0 Å². The topological polar surface area (TPSA) is 62.2 Å². The molecule has 0 radical (unpaired) electrons. The molecule has 1 fully saturated rings. The van der Waals surface area contributed by atoms with Crippen LogP contribution in [0, 0.1) is 0 Å². The van der Waals surface area contributed by atoms with E-state index in [2.05, 4.69) is 10.3 Å². The summed E-state index contributed by atoms with van der Waals surface area (Å²) in [7, 11) is 0. The van der Waals surface area contributed by atoms with Crippen molar-refractivity contribution in [1.29, 1.82) is 0 Å². The van der Waals surface area contributed by atoms with Gasteiger partial charge in [-0.1, -0.05) is 24.3 Å². The first-order valence-corrected chi connectivity index (χ1v) is 6.09. The van der Waals surface area contributed by atoms with Gasteiger partial charge in [-0.15, -0.1) is 0 Å². The van der Waals surface area contributed by atoms with E-state index >= 15 is 0 Å². The van der Waals surface area contributed by atoms with Gasteiger partial charge in [-0.3, -0.25) is 4.79 Å². The van der Waals surface area contributed by atoms with Crippen molar-refractivity contribution in [3.63, 3.8) is 0 Å². The molecule has 1 aromatic carbocycles. The summed E-state index contributed by atoms with van der Waals surface area (Å²) in [6, 6.07) is 11.1. The molecule has 2 N–H and O–H groups in total. The third-order valence-electron chi connectivity index (χ3n) is 3.39. The number of nitrogens with one attached hydrogen (secondary N) is 1. The maximum Gasteiger partial charge on any atom is 0.270 e. The summed E-state index contributed by atoms with van der Waals surface area (Å²) < 4.78 is 0. The molecule has 3 rings (SSSR count). The van der Waals surface area contributed by atoms with E-state index in [1.807, 2.05) is 30.3 Å². The number of aliphatic hydroxyl groups excluding tert-OH is 1. The molecule has 4 nitrogen and oxygen atoms in total. The van der Waals surface area contributed by atoms with Gasteiger partial charge >= 0.3 is 0 Å². The zero-order chi connectivity index (χ0) is 12.5. The van der Waals surface area contributed by atoms with Crippen LogP contribution in [0.15, 0.2) is 36.4 Å². The molecule has 92 valence electrons. The fourth-order valence-electron chi connectivity index (χ4n) is 2.09. The van der Waals surface area contributed by atoms with E-state index in [1.165, 1.54) is 0 Å². The Morgan fingerprint density at radius 2 is 2.06 bits per heavy atom. The molecule has 18 heavy (non-hydrogen) atoms. The Kier molecular flexibility index (Phi) is 2.72. The Balaban J connectivity index is 1.82. The third-order valence-corrected chi connectivity index (χ3v) is 3.39. The number of aliphatic hydroxyl groups is 1. The number of pyridine rings is 1. The minimum Gasteiger partial charge on any atom is -0.391 e. The van der Waals surface area contributed by atoms with Gasteiger partial charge in [0.2, 0.25) is 0 Å². The summed E-state index contributed by atoms with van der Waals surface area (Å²) >= 11 is 0. The molecule has 1 aliphatic rings. The number of fused-ring (bicyclic) bond motifs is 1. The molecule has 0 saturated heterocycles. The van der Waals surface area contributed by atoms with Gasteiger partial charge < -0.3 is 10.4 Å². The van der Waals surface area contributed by atoms with Gasteiger partial charge in [0.05, 0.1) is 17.7 Å². The second kappa shape index (κ2) is 4.38. The van der Waals surface area contributed by atoms with Crippen LogP contribution >= 0.6 is 0 Å². The van der Waals surface area contributed by atoms with Gasteiger partial charge in [0.1, 0.15) is 5.69 Å². The predicted molar refractivity (Wildman–Crippen MR) is 68.2 cm³/mol. The highest BCUT2D eigenvalue weighted by Crippen LogP contribution is 2.20. The van der Waals surface area contributed by atoms with Crippen LogP contribution in [0.1, 0.15) is 23.3 Å². The van der Waals surface area contributed by atoms with E-state index in [0.717, 1.165) is 23.7 Å². The standard InChI is InChI=1S/C14H14N2O2/c17-13-8-7-11(13)16-14(18)12-6-5-9-3-1-2-4-10(9)15-12/h1-6,11,13,17H,7-8H2,(H,16,18). The molecule has 0 bridgehead atoms. The largest absolute Gasteiger partial charge is 0.391 e. The smallest absolute Gasteiger partial charge is 0.270 e. The quantitative estimate of drug-likeness (QED) is 0.838. The van der Waals surface area contributed by atoms with Gasteiger partial charge in [0.25, 0.3) is 5.91 Å². The van der Waals surface area contributed by atoms with Gasteiger partial charge in [-0.25, -0.2) is 4.98 Å². The number of nitrogens with zero attached hydrogens (tertiary/aromatic N) is 1. The Hall–Kier alpha value is -1.94. The Bertz CT molecular complexity index is 597. The van der Waals surface area contributed by atoms with Crippen molar-refractivity contribution in [1.82, 2.24) is 10.3 Å². The van der Waals surface area contributed by atoms with Gasteiger partial charge in [-0.2, -0.15) is 0 Å². The van der Waals surface area contributed by atoms with Crippen LogP contribution in [0.3, 0.4) is 0 Å². The highest BCUT2D eigenvalue weighted by Gasteiger charge is 2.30. The normalized spacial score (nSPS) is 22.5. The van der Waals surface area contributed by atoms with Crippen LogP contribution in [0.25, 0.3) is 10.9 Å². The van der Waals surface area contributed by atoms with Gasteiger partial charge in [-0.05, 0) is 25.0 Å². The first-order valence-electron chi connectivity index (χ1n) is 6.09. The van der Waals surface area contributed by atoms with Crippen molar-refractivity contribution in [2.45, 2.75) is 25.0 Å². The highest BCUT2D eigenvalue weighted by molar-refractivity contribution is 5.95. The lowest BCUT2D eigenvalue weighted by Crippen LogP contribution is -2.50. The lowest BCUT2D eigenvalue weighted by molar-refractivity contribution is 0.0446. The second-order valence-electron chi connectivity index (χ2n) is 4.61. The van der Waals surface area contributed by atoms with Crippen LogP contribution in [-0.4, -0.2) is 28.1 Å². The highest BCUT2D eigenvalue weighted by atomic mass is 16.3. The molecular formula is C14H14N2O2. The Morgan fingerprint density at radius 3 is 2.78 bits per heavy atom. The van der Waals surface area contributed by atoms with Crippen LogP contribution in [0.5, 0.6) is 0 Å². The summed E-state index contributed by atoms with van der Waals surface area (Å²) in [5, 5.41) is 13.2. The molecule has 1 amide bonds. The third kappa shape index (κ3) is 1.95. The molecule has 0 aliphatic heterocycles. The van der Waals surface area contributed by atoms with Crippen molar-refractivity contribution in [2.75, 3.05) is 0 Å². The number of amides is 1. The minimum atomic E-state index is -0.408. The molecule has 1 aromatic heterocycles. The van der Waals surface area contributed by atoms with Crippen molar-refractivity contribution >= 4 is 16.8 Å². The monoisotopic (exact) mass is 242 g/mol.